The van der Waals surface area contributed by atoms with Crippen LogP contribution < -0.4 is 19.7 Å². The number of fused-ring (bicyclic) bond motifs is 1. The zero-order valence-corrected chi connectivity index (χ0v) is 7.74. The average Bonchev–Trinajstić information content (AvgIpc) is 2.66. The Labute approximate surface area is 81.2 Å². The molecule has 2 rings (SSSR count). The monoisotopic (exact) mass is 197 g/mol. The van der Waals surface area contributed by atoms with Gasteiger partial charge in [-0.2, -0.15) is 0 Å². The molecule has 0 radical (unpaired) electrons. The average molecular weight is 197 g/mol. The zero-order valence-electron chi connectivity index (χ0n) is 7.74. The van der Waals surface area contributed by atoms with Crippen molar-refractivity contribution in [2.45, 2.75) is 6.54 Å². The van der Waals surface area contributed by atoms with Crippen molar-refractivity contribution in [2.75, 3.05) is 13.9 Å². The summed E-state index contributed by atoms with van der Waals surface area (Å²) in [6, 6.07) is 3.60. The smallest absolute Gasteiger partial charge is 0.231 e. The maximum Gasteiger partial charge on any atom is 0.231 e. The highest BCUT2D eigenvalue weighted by atomic mass is 16.7. The van der Waals surface area contributed by atoms with E-state index < -0.39 is 0 Å². The minimum atomic E-state index is 0.210. The summed E-state index contributed by atoms with van der Waals surface area (Å²) in [5.74, 6) is 1.87. The number of ether oxygens (including phenoxy) is 3. The summed E-state index contributed by atoms with van der Waals surface area (Å²) in [4.78, 5) is 0. The first kappa shape index (κ1) is 9.11. The summed E-state index contributed by atoms with van der Waals surface area (Å²) in [5.41, 5.74) is 2.89. The van der Waals surface area contributed by atoms with Crippen LogP contribution in [0.3, 0.4) is 0 Å². The second-order valence-electron chi connectivity index (χ2n) is 2.83. The normalized spacial score (nSPS) is 13.0. The van der Waals surface area contributed by atoms with Gasteiger partial charge in [-0.1, -0.05) is 0 Å². The molecule has 76 valence electrons. The molecule has 14 heavy (non-hydrogen) atoms. The lowest BCUT2D eigenvalue weighted by Crippen LogP contribution is -2.07. The van der Waals surface area contributed by atoms with Gasteiger partial charge in [0.1, 0.15) is 0 Å². The van der Waals surface area contributed by atoms with E-state index in [4.69, 9.17) is 19.4 Å². The second-order valence-corrected chi connectivity index (χ2v) is 2.83. The SMILES string of the molecule is COc1c(CNO)ccc2c1OCO2. The predicted octanol–water partition coefficient (Wildman–Crippen LogP) is 0.903. The van der Waals surface area contributed by atoms with Gasteiger partial charge in [-0.15, -0.1) is 0 Å². The first-order chi connectivity index (χ1) is 6.86. The van der Waals surface area contributed by atoms with Crippen LogP contribution in [0.4, 0.5) is 0 Å². The molecule has 0 spiro atoms. The molecule has 1 heterocycles. The number of hydrogen-bond donors (Lipinski definition) is 2. The Morgan fingerprint density at radius 1 is 1.50 bits per heavy atom. The highest BCUT2D eigenvalue weighted by molar-refractivity contribution is 5.56. The van der Waals surface area contributed by atoms with E-state index in [9.17, 15) is 0 Å². The lowest BCUT2D eigenvalue weighted by molar-refractivity contribution is 0.159. The van der Waals surface area contributed by atoms with Crippen LogP contribution in [0.1, 0.15) is 5.56 Å². The molecule has 0 atom stereocenters. The molecule has 0 bridgehead atoms. The number of methoxy groups -OCH3 is 1. The van der Waals surface area contributed by atoms with Gasteiger partial charge in [0.15, 0.2) is 11.5 Å². The van der Waals surface area contributed by atoms with E-state index in [-0.39, 0.29) is 6.79 Å². The van der Waals surface area contributed by atoms with Crippen molar-refractivity contribution < 1.29 is 19.4 Å². The maximum absolute atomic E-state index is 8.61. The first-order valence-corrected chi connectivity index (χ1v) is 4.19. The molecule has 0 aromatic heterocycles. The zero-order chi connectivity index (χ0) is 9.97. The summed E-state index contributed by atoms with van der Waals surface area (Å²) >= 11 is 0. The van der Waals surface area contributed by atoms with Gasteiger partial charge in [0.2, 0.25) is 12.5 Å². The highest BCUT2D eigenvalue weighted by Gasteiger charge is 2.21. The minimum absolute atomic E-state index is 0.210. The third kappa shape index (κ3) is 1.36. The molecule has 1 aliphatic rings. The van der Waals surface area contributed by atoms with Crippen molar-refractivity contribution in [1.29, 1.82) is 0 Å². The van der Waals surface area contributed by atoms with Crippen LogP contribution in [0.5, 0.6) is 17.2 Å². The lowest BCUT2D eigenvalue weighted by Gasteiger charge is -2.09. The molecular weight excluding hydrogens is 186 g/mol. The van der Waals surface area contributed by atoms with E-state index >= 15 is 0 Å². The standard InChI is InChI=1S/C9H11NO4/c1-12-8-6(4-10-11)2-3-7-9(8)14-5-13-7/h2-3,10-11H,4-5H2,1H3. The molecule has 0 fully saturated rings. The quantitative estimate of drug-likeness (QED) is 0.705. The molecule has 0 aliphatic carbocycles. The van der Waals surface area contributed by atoms with E-state index in [1.165, 1.54) is 0 Å². The van der Waals surface area contributed by atoms with Crippen molar-refractivity contribution in [3.8, 4) is 17.2 Å². The molecule has 5 nitrogen and oxygen atoms in total. The van der Waals surface area contributed by atoms with Gasteiger partial charge in [-0.25, -0.2) is 5.48 Å². The molecule has 2 N–H and O–H groups in total. The van der Waals surface area contributed by atoms with E-state index in [2.05, 4.69) is 5.48 Å². The van der Waals surface area contributed by atoms with Crippen molar-refractivity contribution in [3.05, 3.63) is 17.7 Å². The number of rotatable bonds is 3. The molecular formula is C9H11NO4. The Kier molecular flexibility index (Phi) is 2.43. The van der Waals surface area contributed by atoms with Crippen molar-refractivity contribution in [2.24, 2.45) is 0 Å². The second kappa shape index (κ2) is 3.73. The van der Waals surface area contributed by atoms with Crippen LogP contribution in [0.25, 0.3) is 0 Å². The van der Waals surface area contributed by atoms with Crippen LogP contribution in [-0.4, -0.2) is 19.1 Å². The Morgan fingerprint density at radius 2 is 2.36 bits per heavy atom. The fourth-order valence-electron chi connectivity index (χ4n) is 1.44. The highest BCUT2D eigenvalue weighted by Crippen LogP contribution is 2.42. The Balaban J connectivity index is 2.43. The predicted molar refractivity (Wildman–Crippen MR) is 47.7 cm³/mol. The van der Waals surface area contributed by atoms with E-state index in [0.29, 0.717) is 23.8 Å². The summed E-state index contributed by atoms with van der Waals surface area (Å²) in [6.07, 6.45) is 0. The van der Waals surface area contributed by atoms with Gasteiger partial charge in [0.25, 0.3) is 0 Å². The summed E-state index contributed by atoms with van der Waals surface area (Å²) in [6.45, 7) is 0.515. The largest absolute Gasteiger partial charge is 0.492 e. The fraction of sp³-hybridized carbons (Fsp3) is 0.333. The molecule has 0 saturated carbocycles. The third-order valence-electron chi connectivity index (χ3n) is 2.05. The van der Waals surface area contributed by atoms with Crippen molar-refractivity contribution >= 4 is 0 Å². The van der Waals surface area contributed by atoms with Gasteiger partial charge >= 0.3 is 0 Å². The number of nitrogens with one attached hydrogen (secondary N) is 1. The summed E-state index contributed by atoms with van der Waals surface area (Å²) in [7, 11) is 1.55. The fourth-order valence-corrected chi connectivity index (χ4v) is 1.44. The van der Waals surface area contributed by atoms with Crippen molar-refractivity contribution in [3.63, 3.8) is 0 Å². The Bertz CT molecular complexity index is 340. The molecule has 5 heteroatoms. The first-order valence-electron chi connectivity index (χ1n) is 4.19. The van der Waals surface area contributed by atoms with Gasteiger partial charge in [0, 0.05) is 12.1 Å². The van der Waals surface area contributed by atoms with Crippen LogP contribution in [0, 0.1) is 0 Å². The van der Waals surface area contributed by atoms with Crippen LogP contribution >= 0.6 is 0 Å². The molecule has 1 aliphatic heterocycles. The Morgan fingerprint density at radius 3 is 3.07 bits per heavy atom. The van der Waals surface area contributed by atoms with E-state index in [0.717, 1.165) is 5.56 Å². The summed E-state index contributed by atoms with van der Waals surface area (Å²) in [5, 5.41) is 8.61. The maximum atomic E-state index is 8.61. The Hall–Kier alpha value is -1.46. The van der Waals surface area contributed by atoms with Gasteiger partial charge in [-0.3, -0.25) is 0 Å². The molecule has 0 amide bonds. The minimum Gasteiger partial charge on any atom is -0.492 e. The topological polar surface area (TPSA) is 60.0 Å². The number of hydroxylamine groups is 1. The molecule has 0 unspecified atom stereocenters. The van der Waals surface area contributed by atoms with Gasteiger partial charge in [-0.05, 0) is 12.1 Å². The molecule has 1 aromatic rings. The van der Waals surface area contributed by atoms with Gasteiger partial charge in [0.05, 0.1) is 7.11 Å². The number of hydrogen-bond acceptors (Lipinski definition) is 5. The lowest BCUT2D eigenvalue weighted by atomic mass is 10.1. The summed E-state index contributed by atoms with van der Waals surface area (Å²) < 4.78 is 15.6. The van der Waals surface area contributed by atoms with E-state index in [1.807, 2.05) is 6.07 Å². The van der Waals surface area contributed by atoms with Crippen LogP contribution in [-0.2, 0) is 6.54 Å². The van der Waals surface area contributed by atoms with Crippen LogP contribution in [0.2, 0.25) is 0 Å². The van der Waals surface area contributed by atoms with Gasteiger partial charge < -0.3 is 19.4 Å². The molecule has 0 saturated heterocycles. The van der Waals surface area contributed by atoms with E-state index in [1.54, 1.807) is 13.2 Å². The number of benzene rings is 1. The van der Waals surface area contributed by atoms with Crippen LogP contribution in [0.15, 0.2) is 12.1 Å². The molecule has 1 aromatic carbocycles. The third-order valence-corrected chi connectivity index (χ3v) is 2.05. The van der Waals surface area contributed by atoms with Crippen molar-refractivity contribution in [1.82, 2.24) is 5.48 Å².